The van der Waals surface area contributed by atoms with Gasteiger partial charge in [-0.05, 0) is 43.9 Å². The van der Waals surface area contributed by atoms with Crippen molar-refractivity contribution in [3.63, 3.8) is 0 Å². The van der Waals surface area contributed by atoms with Crippen molar-refractivity contribution in [2.75, 3.05) is 18.4 Å². The number of H-pyrrole nitrogens is 2. The maximum Gasteiger partial charge on any atom is 0.227 e. The molecule has 7 rings (SSSR count). The molecule has 2 aliphatic rings. The van der Waals surface area contributed by atoms with Gasteiger partial charge in [-0.25, -0.2) is 15.0 Å². The van der Waals surface area contributed by atoms with Gasteiger partial charge in [0, 0.05) is 54.3 Å². The molecule has 1 atom stereocenters. The molecule has 6 heterocycles. The van der Waals surface area contributed by atoms with Crippen molar-refractivity contribution in [1.82, 2.24) is 40.0 Å². The summed E-state index contributed by atoms with van der Waals surface area (Å²) in [5.74, 6) is 0.719. The molecule has 2 fully saturated rings. The van der Waals surface area contributed by atoms with E-state index in [0.29, 0.717) is 34.0 Å². The van der Waals surface area contributed by atoms with Crippen molar-refractivity contribution in [3.8, 4) is 22.6 Å². The van der Waals surface area contributed by atoms with Crippen molar-refractivity contribution >= 4 is 33.8 Å². The second-order valence-electron chi connectivity index (χ2n) is 9.72. The van der Waals surface area contributed by atoms with Gasteiger partial charge in [0.05, 0.1) is 22.8 Å². The molecule has 5 aromatic heterocycles. The van der Waals surface area contributed by atoms with Crippen LogP contribution in [0.2, 0.25) is 0 Å². The van der Waals surface area contributed by atoms with Crippen LogP contribution in [0.15, 0.2) is 43.0 Å². The molecule has 1 amide bonds. The molecule has 1 saturated carbocycles. The number of imidazole rings is 1. The molecule has 0 bridgehead atoms. The lowest BCUT2D eigenvalue weighted by Crippen LogP contribution is -2.25. The minimum atomic E-state index is -0.715. The van der Waals surface area contributed by atoms with Gasteiger partial charge in [0.2, 0.25) is 5.91 Å². The van der Waals surface area contributed by atoms with Crippen molar-refractivity contribution in [3.05, 3.63) is 48.5 Å². The number of aromatic amines is 2. The number of nitrogens with one attached hydrogen (secondary N) is 3. The lowest BCUT2D eigenvalue weighted by Gasteiger charge is -2.22. The predicted molar refractivity (Wildman–Crippen MR) is 137 cm³/mol. The number of carbonyl (C=O) groups excluding carboxylic acids is 1. The fourth-order valence-electron chi connectivity index (χ4n) is 4.94. The summed E-state index contributed by atoms with van der Waals surface area (Å²) in [6.07, 6.45) is 10.1. The number of aliphatic hydroxyl groups excluding tert-OH is 1. The van der Waals surface area contributed by atoms with Gasteiger partial charge in [-0.2, -0.15) is 5.10 Å². The third-order valence-electron chi connectivity index (χ3n) is 7.12. The van der Waals surface area contributed by atoms with Gasteiger partial charge in [-0.15, -0.1) is 0 Å². The number of hydrogen-bond acceptors (Lipinski definition) is 8. The highest BCUT2D eigenvalue weighted by molar-refractivity contribution is 5.95. The summed E-state index contributed by atoms with van der Waals surface area (Å²) in [5.41, 5.74) is 5.54. The largest absolute Gasteiger partial charge is 0.374 e. The molecular formula is C26H25N9O2. The van der Waals surface area contributed by atoms with Gasteiger partial charge >= 0.3 is 0 Å². The number of likely N-dealkylation sites (tertiary alicyclic amines) is 1. The molecule has 1 unspecified atom stereocenters. The van der Waals surface area contributed by atoms with Crippen LogP contribution in [0.25, 0.3) is 44.8 Å². The maximum atomic E-state index is 12.2. The zero-order valence-electron chi connectivity index (χ0n) is 20.0. The van der Waals surface area contributed by atoms with Crippen molar-refractivity contribution in [2.24, 2.45) is 5.92 Å². The van der Waals surface area contributed by atoms with E-state index in [9.17, 15) is 9.90 Å². The van der Waals surface area contributed by atoms with Crippen molar-refractivity contribution < 1.29 is 9.90 Å². The van der Waals surface area contributed by atoms with Gasteiger partial charge < -0.3 is 15.4 Å². The van der Waals surface area contributed by atoms with Crippen LogP contribution in [0.4, 0.5) is 5.69 Å². The average molecular weight is 496 g/mol. The topological polar surface area (TPSA) is 149 Å². The number of fused-ring (bicyclic) bond motifs is 2. The Balaban J connectivity index is 1.25. The van der Waals surface area contributed by atoms with E-state index in [4.69, 9.17) is 4.98 Å². The molecule has 11 heteroatoms. The predicted octanol–water partition coefficient (Wildman–Crippen LogP) is 3.39. The van der Waals surface area contributed by atoms with Crippen LogP contribution in [0, 0.1) is 5.92 Å². The second-order valence-corrected chi connectivity index (χ2v) is 9.72. The minimum absolute atomic E-state index is 0.0392. The third-order valence-corrected chi connectivity index (χ3v) is 7.12. The number of hydrogen-bond donors (Lipinski definition) is 4. The molecule has 1 aliphatic carbocycles. The average Bonchev–Trinajstić information content (AvgIpc) is 3.29. The Bertz CT molecular complexity index is 1630. The number of nitrogens with zero attached hydrogens (tertiary/aromatic N) is 6. The molecule has 0 aromatic carbocycles. The SMILES string of the molecule is O=C(Nc1cncc(-c2cnc3n[nH]c(-c4nc5nccc(C(O)N6CCCC6)c5[nH]4)c3c2)c1)C1CC1. The highest BCUT2D eigenvalue weighted by Gasteiger charge is 2.29. The first-order valence-electron chi connectivity index (χ1n) is 12.5. The summed E-state index contributed by atoms with van der Waals surface area (Å²) >= 11 is 0. The highest BCUT2D eigenvalue weighted by atomic mass is 16.3. The van der Waals surface area contributed by atoms with E-state index in [0.717, 1.165) is 60.8 Å². The lowest BCUT2D eigenvalue weighted by atomic mass is 10.1. The van der Waals surface area contributed by atoms with Gasteiger partial charge in [0.15, 0.2) is 17.1 Å². The molecule has 1 aliphatic heterocycles. The number of anilines is 1. The first-order chi connectivity index (χ1) is 18.1. The van der Waals surface area contributed by atoms with E-state index in [2.05, 4.69) is 40.3 Å². The van der Waals surface area contributed by atoms with E-state index in [1.165, 1.54) is 0 Å². The van der Waals surface area contributed by atoms with Gasteiger partial charge in [0.1, 0.15) is 11.9 Å². The van der Waals surface area contributed by atoms with Crippen LogP contribution in [0.5, 0.6) is 0 Å². The van der Waals surface area contributed by atoms with E-state index in [1.54, 1.807) is 24.8 Å². The van der Waals surface area contributed by atoms with Crippen LogP contribution in [-0.2, 0) is 4.79 Å². The van der Waals surface area contributed by atoms with Crippen LogP contribution in [0.3, 0.4) is 0 Å². The lowest BCUT2D eigenvalue weighted by molar-refractivity contribution is -0.117. The summed E-state index contributed by atoms with van der Waals surface area (Å²) in [6.45, 7) is 1.73. The zero-order valence-corrected chi connectivity index (χ0v) is 20.0. The summed E-state index contributed by atoms with van der Waals surface area (Å²) in [7, 11) is 0. The van der Waals surface area contributed by atoms with Gasteiger partial charge in [-0.1, -0.05) is 0 Å². The first-order valence-corrected chi connectivity index (χ1v) is 12.5. The number of pyridine rings is 3. The van der Waals surface area contributed by atoms with Crippen LogP contribution < -0.4 is 5.32 Å². The van der Waals surface area contributed by atoms with E-state index >= 15 is 0 Å². The van der Waals surface area contributed by atoms with E-state index in [1.807, 2.05) is 18.2 Å². The number of rotatable bonds is 6. The Morgan fingerprint density at radius 1 is 1.08 bits per heavy atom. The summed E-state index contributed by atoms with van der Waals surface area (Å²) in [4.78, 5) is 35.5. The second kappa shape index (κ2) is 8.71. The number of aromatic nitrogens is 7. The Morgan fingerprint density at radius 2 is 1.92 bits per heavy atom. The molecular weight excluding hydrogens is 470 g/mol. The van der Waals surface area contributed by atoms with E-state index < -0.39 is 6.23 Å². The maximum absolute atomic E-state index is 12.2. The molecule has 186 valence electrons. The van der Waals surface area contributed by atoms with Gasteiger partial charge in [0.25, 0.3) is 0 Å². The standard InChI is InChI=1S/C26H25N9O2/c36-25(14-3-4-14)30-17-9-15(11-27-13-17)16-10-19-21(33-34-22(19)29-12-16)24-31-20-18(5-6-28-23(20)32-24)26(37)35-7-1-2-8-35/h5-6,9-14,26,37H,1-4,7-8H2,(H,30,36)(H,28,31,32)(H,29,33,34). The molecule has 4 N–H and O–H groups in total. The third kappa shape index (κ3) is 4.02. The summed E-state index contributed by atoms with van der Waals surface area (Å²) < 4.78 is 0. The first kappa shape index (κ1) is 22.0. The quantitative estimate of drug-likeness (QED) is 0.280. The minimum Gasteiger partial charge on any atom is -0.374 e. The van der Waals surface area contributed by atoms with Crippen molar-refractivity contribution in [2.45, 2.75) is 31.9 Å². The molecule has 0 radical (unpaired) electrons. The fraction of sp³-hybridized carbons (Fsp3) is 0.308. The normalized spacial score (nSPS) is 17.0. The van der Waals surface area contributed by atoms with Crippen LogP contribution in [-0.4, -0.2) is 64.1 Å². The number of amides is 1. The van der Waals surface area contributed by atoms with Crippen LogP contribution in [0.1, 0.15) is 37.5 Å². The molecule has 5 aromatic rings. The smallest absolute Gasteiger partial charge is 0.227 e. The number of carbonyl (C=O) groups is 1. The summed E-state index contributed by atoms with van der Waals surface area (Å²) in [5, 5.41) is 22.1. The van der Waals surface area contributed by atoms with Crippen molar-refractivity contribution in [1.29, 1.82) is 0 Å². The molecule has 37 heavy (non-hydrogen) atoms. The Kier molecular flexibility index (Phi) is 5.18. The fourth-order valence-corrected chi connectivity index (χ4v) is 4.94. The molecule has 1 saturated heterocycles. The zero-order chi connectivity index (χ0) is 24.9. The summed E-state index contributed by atoms with van der Waals surface area (Å²) in [6, 6.07) is 5.71. The number of aliphatic hydroxyl groups is 1. The molecule has 0 spiro atoms. The highest BCUT2D eigenvalue weighted by Crippen LogP contribution is 2.33. The van der Waals surface area contributed by atoms with Crippen LogP contribution >= 0.6 is 0 Å². The Labute approximate surface area is 211 Å². The molecule has 11 nitrogen and oxygen atoms in total. The monoisotopic (exact) mass is 495 g/mol. The Morgan fingerprint density at radius 3 is 2.76 bits per heavy atom. The van der Waals surface area contributed by atoms with Gasteiger partial charge in [-0.3, -0.25) is 19.8 Å². The Hall–Kier alpha value is -4.22. The van der Waals surface area contributed by atoms with E-state index in [-0.39, 0.29) is 11.8 Å².